The summed E-state index contributed by atoms with van der Waals surface area (Å²) in [4.78, 5) is 5.50. The van der Waals surface area contributed by atoms with Crippen molar-refractivity contribution >= 4 is 34.6 Å². The molecule has 0 aromatic carbocycles. The van der Waals surface area contributed by atoms with Crippen molar-refractivity contribution in [3.05, 3.63) is 16.4 Å². The topological polar surface area (TPSA) is 48.4 Å². The van der Waals surface area contributed by atoms with Gasteiger partial charge in [0.05, 0.1) is 5.69 Å². The molecule has 1 aliphatic heterocycles. The number of hydrogen-bond donors (Lipinski definition) is 2. The van der Waals surface area contributed by atoms with Crippen LogP contribution in [0.25, 0.3) is 0 Å². The number of nitrogens with zero attached hydrogens (tertiary/aromatic N) is 2. The van der Waals surface area contributed by atoms with E-state index in [4.69, 9.17) is 23.2 Å². The Balaban J connectivity index is 2.59. The molecule has 14 heavy (non-hydrogen) atoms. The lowest BCUT2D eigenvalue weighted by Crippen LogP contribution is -2.45. The van der Waals surface area contributed by atoms with E-state index < -0.39 is 5.85 Å². The van der Waals surface area contributed by atoms with Gasteiger partial charge in [0.15, 0.2) is 5.15 Å². The van der Waals surface area contributed by atoms with Gasteiger partial charge in [-0.1, -0.05) is 23.2 Å². The lowest BCUT2D eigenvalue weighted by atomic mass is 10.3. The number of aromatic nitrogens is 1. The Morgan fingerprint density at radius 3 is 2.86 bits per heavy atom. The first-order valence-electron chi connectivity index (χ1n) is 4.02. The second-order valence-electron chi connectivity index (χ2n) is 3.34. The summed E-state index contributed by atoms with van der Waals surface area (Å²) in [5, 5.41) is 13.3. The molecule has 4 nitrogen and oxygen atoms in total. The second-order valence-corrected chi connectivity index (χ2v) is 4.08. The highest BCUT2D eigenvalue weighted by Gasteiger charge is 2.37. The molecular formula is C8H9Cl2N3O. The first kappa shape index (κ1) is 9.83. The first-order valence-corrected chi connectivity index (χ1v) is 4.78. The summed E-state index contributed by atoms with van der Waals surface area (Å²) < 4.78 is 0. The summed E-state index contributed by atoms with van der Waals surface area (Å²) in [5.74, 6) is -1.15. The van der Waals surface area contributed by atoms with Crippen molar-refractivity contribution in [3.63, 3.8) is 0 Å². The third-order valence-corrected chi connectivity index (χ3v) is 2.74. The number of rotatable bonds is 0. The maximum absolute atomic E-state index is 9.88. The molecule has 0 saturated carbocycles. The van der Waals surface area contributed by atoms with Crippen LogP contribution >= 0.6 is 23.2 Å². The molecular weight excluding hydrogens is 225 g/mol. The molecule has 1 unspecified atom stereocenters. The van der Waals surface area contributed by atoms with Crippen LogP contribution in [0.2, 0.25) is 10.3 Å². The average Bonchev–Trinajstić information content (AvgIpc) is 2.21. The highest BCUT2D eigenvalue weighted by atomic mass is 35.5. The molecule has 0 amide bonds. The van der Waals surface area contributed by atoms with Gasteiger partial charge in [0, 0.05) is 20.0 Å². The largest absolute Gasteiger partial charge is 0.354 e. The van der Waals surface area contributed by atoms with Crippen molar-refractivity contribution in [1.82, 2.24) is 4.98 Å². The lowest BCUT2D eigenvalue weighted by Gasteiger charge is -2.27. The maximum atomic E-state index is 9.88. The monoisotopic (exact) mass is 233 g/mol. The molecule has 1 aromatic heterocycles. The molecule has 6 heteroatoms. The van der Waals surface area contributed by atoms with E-state index in [1.807, 2.05) is 0 Å². The van der Waals surface area contributed by atoms with Crippen LogP contribution in [0.3, 0.4) is 0 Å². The van der Waals surface area contributed by atoms with Crippen LogP contribution in [0, 0.1) is 0 Å². The van der Waals surface area contributed by atoms with Gasteiger partial charge in [0.2, 0.25) is 5.85 Å². The van der Waals surface area contributed by atoms with Gasteiger partial charge in [-0.2, -0.15) is 0 Å². The number of aliphatic hydroxyl groups is 1. The molecule has 0 spiro atoms. The molecule has 1 atom stereocenters. The van der Waals surface area contributed by atoms with Crippen molar-refractivity contribution in [1.29, 1.82) is 0 Å². The number of anilines is 2. The first-order chi connectivity index (χ1) is 6.42. The van der Waals surface area contributed by atoms with E-state index in [0.717, 1.165) is 0 Å². The fourth-order valence-electron chi connectivity index (χ4n) is 1.45. The highest BCUT2D eigenvalue weighted by Crippen LogP contribution is 2.42. The average molecular weight is 234 g/mol. The summed E-state index contributed by atoms with van der Waals surface area (Å²) in [6.45, 7) is 1.62. The molecule has 0 saturated heterocycles. The molecule has 76 valence electrons. The van der Waals surface area contributed by atoms with Gasteiger partial charge in [-0.3, -0.25) is 0 Å². The fourth-order valence-corrected chi connectivity index (χ4v) is 2.01. The van der Waals surface area contributed by atoms with Crippen molar-refractivity contribution in [2.75, 3.05) is 17.3 Å². The van der Waals surface area contributed by atoms with Crippen LogP contribution in [0.5, 0.6) is 0 Å². The smallest absolute Gasteiger partial charge is 0.213 e. The minimum absolute atomic E-state index is 0.278. The van der Waals surface area contributed by atoms with E-state index in [9.17, 15) is 5.11 Å². The van der Waals surface area contributed by atoms with Crippen LogP contribution in [0.4, 0.5) is 11.4 Å². The molecule has 2 heterocycles. The standard InChI is InChI=1S/C8H9Cl2N3O/c1-8(14)12-4-3-5(9)11-7(10)6(4)13(8)2/h3,12,14H,1-2H3. The second kappa shape index (κ2) is 2.89. The Morgan fingerprint density at radius 1 is 1.57 bits per heavy atom. The molecule has 2 rings (SSSR count). The highest BCUT2D eigenvalue weighted by molar-refractivity contribution is 6.35. The summed E-state index contributed by atoms with van der Waals surface area (Å²) in [6, 6.07) is 1.63. The van der Waals surface area contributed by atoms with E-state index in [1.54, 1.807) is 24.9 Å². The van der Waals surface area contributed by atoms with Crippen LogP contribution < -0.4 is 10.2 Å². The van der Waals surface area contributed by atoms with Crippen molar-refractivity contribution in [3.8, 4) is 0 Å². The fraction of sp³-hybridized carbons (Fsp3) is 0.375. The molecule has 0 radical (unpaired) electrons. The van der Waals surface area contributed by atoms with Gasteiger partial charge in [0.25, 0.3) is 0 Å². The Hall–Kier alpha value is -0.710. The van der Waals surface area contributed by atoms with Crippen molar-refractivity contribution in [2.45, 2.75) is 12.8 Å². The van der Waals surface area contributed by atoms with E-state index in [1.165, 1.54) is 0 Å². The molecule has 1 aromatic rings. The number of halogens is 2. The zero-order chi connectivity index (χ0) is 10.5. The van der Waals surface area contributed by atoms with Gasteiger partial charge in [-0.25, -0.2) is 4.98 Å². The van der Waals surface area contributed by atoms with Gasteiger partial charge in [-0.05, 0) is 0 Å². The third-order valence-electron chi connectivity index (χ3n) is 2.28. The van der Waals surface area contributed by atoms with E-state index >= 15 is 0 Å². The Morgan fingerprint density at radius 2 is 2.21 bits per heavy atom. The van der Waals surface area contributed by atoms with Crippen LogP contribution in [-0.4, -0.2) is 23.0 Å². The van der Waals surface area contributed by atoms with E-state index in [2.05, 4.69) is 10.3 Å². The minimum Gasteiger partial charge on any atom is -0.354 e. The van der Waals surface area contributed by atoms with Gasteiger partial charge in [0.1, 0.15) is 10.8 Å². The zero-order valence-corrected chi connectivity index (χ0v) is 9.19. The van der Waals surface area contributed by atoms with E-state index in [0.29, 0.717) is 16.5 Å². The zero-order valence-electron chi connectivity index (χ0n) is 7.67. The molecule has 2 N–H and O–H groups in total. The maximum Gasteiger partial charge on any atom is 0.213 e. The van der Waals surface area contributed by atoms with Crippen molar-refractivity contribution in [2.24, 2.45) is 0 Å². The normalized spacial score (nSPS) is 24.8. The van der Waals surface area contributed by atoms with Crippen LogP contribution in [-0.2, 0) is 0 Å². The SMILES string of the molecule is CN1c2c(cc(Cl)nc2Cl)NC1(C)O. The Labute approximate surface area is 91.5 Å². The van der Waals surface area contributed by atoms with Gasteiger partial charge < -0.3 is 15.3 Å². The van der Waals surface area contributed by atoms with Crippen LogP contribution in [0.1, 0.15) is 6.92 Å². The number of nitrogens with one attached hydrogen (secondary N) is 1. The molecule has 0 fully saturated rings. The number of pyridine rings is 1. The predicted octanol–water partition coefficient (Wildman–Crippen LogP) is 1.92. The Kier molecular flexibility index (Phi) is 2.03. The minimum atomic E-state index is -1.15. The van der Waals surface area contributed by atoms with Crippen molar-refractivity contribution < 1.29 is 5.11 Å². The molecule has 1 aliphatic rings. The number of hydrogen-bond acceptors (Lipinski definition) is 4. The summed E-state index contributed by atoms with van der Waals surface area (Å²) in [5.41, 5.74) is 1.34. The number of fused-ring (bicyclic) bond motifs is 1. The summed E-state index contributed by atoms with van der Waals surface area (Å²) in [7, 11) is 1.72. The predicted molar refractivity (Wildman–Crippen MR) is 56.9 cm³/mol. The summed E-state index contributed by atoms with van der Waals surface area (Å²) >= 11 is 11.6. The molecule has 0 bridgehead atoms. The lowest BCUT2D eigenvalue weighted by molar-refractivity contribution is 0.0978. The summed E-state index contributed by atoms with van der Waals surface area (Å²) in [6.07, 6.45) is 0. The van der Waals surface area contributed by atoms with Crippen LogP contribution in [0.15, 0.2) is 6.07 Å². The van der Waals surface area contributed by atoms with Gasteiger partial charge in [-0.15, -0.1) is 0 Å². The van der Waals surface area contributed by atoms with E-state index in [-0.39, 0.29) is 5.15 Å². The quantitative estimate of drug-likeness (QED) is 0.673. The third kappa shape index (κ3) is 1.30. The molecule has 0 aliphatic carbocycles. The van der Waals surface area contributed by atoms with Gasteiger partial charge >= 0.3 is 0 Å². The Bertz CT molecular complexity index is 394.